The van der Waals surface area contributed by atoms with E-state index in [-0.39, 0.29) is 0 Å². The first-order valence-corrected chi connectivity index (χ1v) is 31.2. The molecule has 15 rings (SSSR count). The molecular weight excluding hydrogens is 1160 g/mol. The minimum atomic E-state index is 0.374. The second-order valence-electron chi connectivity index (χ2n) is 21.6. The largest absolute Gasteiger partial charge is 0.324 e. The SMILES string of the molecule is c1ccc(-c2ccc(-c3ccc(Nc4nc(Nc5ccc(-c6ccc(-c7ccccc7)cc6)cc5)nc(Nc5nc6ccccc6s5)n4)cc3)cc2)cc1.c1ccc(Nc2nc(Nc3ccccc3)nc(Nc3ccc(-c4ccc(-c5ccccc5)cc4)cc3)n2)cc1. The summed E-state index contributed by atoms with van der Waals surface area (Å²) in [4.78, 5) is 32.7. The number of fused-ring (bicyclic) bond motifs is 1. The van der Waals surface area contributed by atoms with Gasteiger partial charge in [0, 0.05) is 28.4 Å². The maximum Gasteiger partial charge on any atom is 0.235 e. The van der Waals surface area contributed by atoms with Crippen LogP contribution in [0.5, 0.6) is 0 Å². The molecule has 0 aliphatic rings. The Morgan fingerprint density at radius 1 is 0.172 bits per heavy atom. The molecule has 0 saturated heterocycles. The summed E-state index contributed by atoms with van der Waals surface area (Å²) >= 11 is 1.55. The van der Waals surface area contributed by atoms with E-state index in [1.54, 1.807) is 11.3 Å². The van der Waals surface area contributed by atoms with Crippen LogP contribution in [0.2, 0.25) is 0 Å². The molecule has 0 fully saturated rings. The fourth-order valence-electron chi connectivity index (χ4n) is 10.5. The van der Waals surface area contributed by atoms with Crippen LogP contribution in [-0.2, 0) is 0 Å². The zero-order valence-corrected chi connectivity index (χ0v) is 51.0. The number of para-hydroxylation sites is 3. The molecule has 0 unspecified atom stereocenters. The molecule has 6 N–H and O–H groups in total. The highest BCUT2D eigenvalue weighted by Gasteiger charge is 2.14. The molecule has 0 saturated carbocycles. The Bertz CT molecular complexity index is 4660. The van der Waals surface area contributed by atoms with Crippen LogP contribution in [0, 0.1) is 0 Å². The second kappa shape index (κ2) is 27.8. The van der Waals surface area contributed by atoms with E-state index < -0.39 is 0 Å². The van der Waals surface area contributed by atoms with Gasteiger partial charge in [-0.1, -0.05) is 260 Å². The van der Waals surface area contributed by atoms with Gasteiger partial charge in [-0.3, -0.25) is 5.32 Å². The lowest BCUT2D eigenvalue weighted by Gasteiger charge is -2.12. The summed E-state index contributed by atoms with van der Waals surface area (Å²) in [7, 11) is 0. The molecule has 0 aliphatic heterocycles. The predicted molar refractivity (Wildman–Crippen MR) is 384 cm³/mol. The van der Waals surface area contributed by atoms with Crippen molar-refractivity contribution in [2.24, 2.45) is 0 Å². The first-order chi connectivity index (χ1) is 46.0. The molecule has 93 heavy (non-hydrogen) atoms. The van der Waals surface area contributed by atoms with E-state index >= 15 is 0 Å². The van der Waals surface area contributed by atoms with Gasteiger partial charge in [0.25, 0.3) is 0 Å². The van der Waals surface area contributed by atoms with Gasteiger partial charge in [-0.2, -0.15) is 29.9 Å². The van der Waals surface area contributed by atoms with E-state index in [0.717, 1.165) is 72.0 Å². The van der Waals surface area contributed by atoms with Crippen LogP contribution in [0.25, 0.3) is 77.0 Å². The standard InChI is InChI=1S/C46H33N7S.C33H26N6/c1-3-9-31(10-4-1)33-15-19-35(20-16-33)37-23-27-39(28-24-37)47-43-50-44(52-45(51-43)53-46-49-41-13-7-8-14-42(41)54-46)48-40-29-25-38(26-30-40)36-21-17-34(18-22-36)32-11-5-2-6-12-32;1-4-10-24(11-5-1)25-16-18-26(19-17-25)27-20-22-30(23-21-27)36-33-38-31(34-28-12-6-2-7-13-28)37-32(39-33)35-29-14-8-3-9-15-29/h1-30H,(H3,47,48,49,50,51,52,53);1-23H,(H3,34,35,36,37,38,39). The van der Waals surface area contributed by atoms with E-state index in [1.165, 1.54) is 33.4 Å². The van der Waals surface area contributed by atoms with Crippen LogP contribution in [0.15, 0.2) is 322 Å². The Balaban J connectivity index is 0.000000170. The third kappa shape index (κ3) is 14.9. The highest BCUT2D eigenvalue weighted by Crippen LogP contribution is 2.33. The molecule has 0 bridgehead atoms. The van der Waals surface area contributed by atoms with Gasteiger partial charge in [0.2, 0.25) is 35.7 Å². The van der Waals surface area contributed by atoms with E-state index in [1.807, 2.05) is 140 Å². The lowest BCUT2D eigenvalue weighted by atomic mass is 10.0. The van der Waals surface area contributed by atoms with Crippen molar-refractivity contribution in [3.63, 3.8) is 0 Å². The van der Waals surface area contributed by atoms with Gasteiger partial charge < -0.3 is 26.6 Å². The summed E-state index contributed by atoms with van der Waals surface area (Å²) in [5.74, 6) is 2.47. The molecule has 0 amide bonds. The minimum Gasteiger partial charge on any atom is -0.324 e. The van der Waals surface area contributed by atoms with Crippen molar-refractivity contribution >= 4 is 90.8 Å². The number of hydrogen-bond acceptors (Lipinski definition) is 14. The predicted octanol–water partition coefficient (Wildman–Crippen LogP) is 20.8. The number of anilines is 12. The van der Waals surface area contributed by atoms with Crippen LogP contribution < -0.4 is 31.9 Å². The average molecular weight is 1220 g/mol. The summed E-state index contributed by atoms with van der Waals surface area (Å²) in [6, 6.07) is 109. The first kappa shape index (κ1) is 58.1. The summed E-state index contributed by atoms with van der Waals surface area (Å²) in [5.41, 5.74) is 19.3. The maximum absolute atomic E-state index is 4.75. The summed E-state index contributed by atoms with van der Waals surface area (Å²) < 4.78 is 1.08. The fourth-order valence-corrected chi connectivity index (χ4v) is 11.4. The maximum atomic E-state index is 4.75. The second-order valence-corrected chi connectivity index (χ2v) is 22.7. The van der Waals surface area contributed by atoms with Crippen LogP contribution in [0.4, 0.5) is 69.3 Å². The normalized spacial score (nSPS) is 10.8. The zero-order chi connectivity index (χ0) is 62.4. The van der Waals surface area contributed by atoms with Gasteiger partial charge in [-0.15, -0.1) is 0 Å². The number of thiazole rings is 1. The van der Waals surface area contributed by atoms with Gasteiger partial charge >= 0.3 is 0 Å². The Morgan fingerprint density at radius 3 is 0.645 bits per heavy atom. The van der Waals surface area contributed by atoms with Crippen molar-refractivity contribution in [3.05, 3.63) is 322 Å². The molecule has 12 aromatic carbocycles. The number of rotatable bonds is 18. The third-order valence-electron chi connectivity index (χ3n) is 15.2. The fraction of sp³-hybridized carbons (Fsp3) is 0. The quantitative estimate of drug-likeness (QED) is 0.0482. The zero-order valence-electron chi connectivity index (χ0n) is 50.1. The van der Waals surface area contributed by atoms with E-state index in [9.17, 15) is 0 Å². The number of aromatic nitrogens is 7. The average Bonchev–Trinajstić information content (AvgIpc) is 2.61. The monoisotopic (exact) mass is 1220 g/mol. The summed E-state index contributed by atoms with van der Waals surface area (Å²) in [6.07, 6.45) is 0. The molecule has 13 nitrogen and oxygen atoms in total. The molecule has 0 aliphatic carbocycles. The topological polar surface area (TPSA) is 162 Å². The molecule has 0 atom stereocenters. The molecule has 446 valence electrons. The van der Waals surface area contributed by atoms with Crippen molar-refractivity contribution in [1.82, 2.24) is 34.9 Å². The molecule has 0 spiro atoms. The van der Waals surface area contributed by atoms with Crippen molar-refractivity contribution in [3.8, 4) is 66.8 Å². The van der Waals surface area contributed by atoms with Crippen molar-refractivity contribution < 1.29 is 0 Å². The summed E-state index contributed by atoms with van der Waals surface area (Å²) in [6.45, 7) is 0. The minimum absolute atomic E-state index is 0.374. The number of hydrogen-bond donors (Lipinski definition) is 6. The van der Waals surface area contributed by atoms with Gasteiger partial charge in [-0.05, 0) is 140 Å². The van der Waals surface area contributed by atoms with Crippen molar-refractivity contribution in [2.75, 3.05) is 31.9 Å². The Hall–Kier alpha value is -12.7. The van der Waals surface area contributed by atoms with E-state index in [4.69, 9.17) is 19.9 Å². The molecule has 0 radical (unpaired) electrons. The van der Waals surface area contributed by atoms with Gasteiger partial charge in [0.05, 0.1) is 10.2 Å². The van der Waals surface area contributed by atoms with E-state index in [2.05, 4.69) is 229 Å². The molecule has 15 aromatic rings. The highest BCUT2D eigenvalue weighted by molar-refractivity contribution is 7.22. The molecule has 3 heterocycles. The lowest BCUT2D eigenvalue weighted by Crippen LogP contribution is -2.07. The smallest absolute Gasteiger partial charge is 0.235 e. The number of benzene rings is 12. The van der Waals surface area contributed by atoms with Crippen LogP contribution in [-0.4, -0.2) is 34.9 Å². The molecular formula is C79H59N13S. The third-order valence-corrected chi connectivity index (χ3v) is 16.2. The Labute approximate surface area is 542 Å². The summed E-state index contributed by atoms with van der Waals surface area (Å²) in [5, 5.41) is 20.6. The van der Waals surface area contributed by atoms with Crippen LogP contribution >= 0.6 is 11.3 Å². The van der Waals surface area contributed by atoms with Crippen molar-refractivity contribution in [2.45, 2.75) is 0 Å². The molecule has 3 aromatic heterocycles. The van der Waals surface area contributed by atoms with Gasteiger partial charge in [-0.25, -0.2) is 4.98 Å². The first-order valence-electron chi connectivity index (χ1n) is 30.3. The van der Waals surface area contributed by atoms with E-state index in [0.29, 0.717) is 40.8 Å². The number of nitrogens with one attached hydrogen (secondary N) is 6. The van der Waals surface area contributed by atoms with Crippen molar-refractivity contribution in [1.29, 1.82) is 0 Å². The van der Waals surface area contributed by atoms with Gasteiger partial charge in [0.15, 0.2) is 5.13 Å². The van der Waals surface area contributed by atoms with Crippen LogP contribution in [0.3, 0.4) is 0 Å². The van der Waals surface area contributed by atoms with Gasteiger partial charge in [0.1, 0.15) is 0 Å². The Kier molecular flexibility index (Phi) is 17.4. The van der Waals surface area contributed by atoms with Crippen LogP contribution in [0.1, 0.15) is 0 Å². The molecule has 14 heteroatoms. The Morgan fingerprint density at radius 2 is 0.376 bits per heavy atom. The number of nitrogens with zero attached hydrogens (tertiary/aromatic N) is 7. The highest BCUT2D eigenvalue weighted by atomic mass is 32.1. The lowest BCUT2D eigenvalue weighted by molar-refractivity contribution is 1.06.